The van der Waals surface area contributed by atoms with Gasteiger partial charge in [0, 0.05) is 0 Å². The molecule has 0 rings (SSSR count). The van der Waals surface area contributed by atoms with E-state index in [1.165, 1.54) is 0 Å². The molecule has 0 radical (unpaired) electrons. The molecule has 0 fully saturated rings. The van der Waals surface area contributed by atoms with Crippen LogP contribution in [0.4, 0.5) is 0 Å². The lowest BCUT2D eigenvalue weighted by Gasteiger charge is -2.24. The van der Waals surface area contributed by atoms with Gasteiger partial charge in [0.2, 0.25) is 0 Å². The van der Waals surface area contributed by atoms with Crippen LogP contribution in [0, 0.1) is 0 Å². The number of carbonyl (C=O) groups is 2. The van der Waals surface area contributed by atoms with Gasteiger partial charge in [-0.25, -0.2) is 4.57 Å². The number of ether oxygens (including phenoxy) is 2. The maximum Gasteiger partial charge on any atom is 0.472 e. The van der Waals surface area contributed by atoms with Crippen molar-refractivity contribution in [1.82, 2.24) is 0 Å². The van der Waals surface area contributed by atoms with Crippen LogP contribution < -0.4 is 0 Å². The Morgan fingerprint density at radius 1 is 0.414 bits per heavy atom. The predicted molar refractivity (Wildman–Crippen MR) is 297 cm³/mol. The number of phosphoric ester groups is 1. The summed E-state index contributed by atoms with van der Waals surface area (Å²) in [7, 11) is 1.33. The standard InChI is InChI=1S/C60H88NO8P/c1-6-8-10-12-14-16-18-20-22-24-26-28-30-32-34-36-38-40-42-44-46-48-50-52-59(62)66-56-58(57-68-70(64,65)67-55-54-61(3,4)5)69-60(63)53-51-49-47-45-43-41-39-37-35-33-31-29-27-25-23-21-19-17-15-13-11-9-7-2/h6-9,12-15,18-21,24-27,30-33,36-39,42-45,48-51,58H,10-11,16-17,22-23,28-29,34-35,40-41,46-47,52-57H2,1-5H3/p+1/t58-/m1/s1. The fraction of sp³-hybridized carbons (Fsp3) is 0.433. The molecule has 2 atom stereocenters. The minimum atomic E-state index is -4.45. The summed E-state index contributed by atoms with van der Waals surface area (Å²) in [4.78, 5) is 35.4. The molecule has 0 aromatic rings. The van der Waals surface area contributed by atoms with Gasteiger partial charge < -0.3 is 18.9 Å². The Labute approximate surface area is 424 Å². The largest absolute Gasteiger partial charge is 0.472 e. The second kappa shape index (κ2) is 48.9. The van der Waals surface area contributed by atoms with Crippen LogP contribution >= 0.6 is 7.82 Å². The third-order valence-corrected chi connectivity index (χ3v) is 10.3. The van der Waals surface area contributed by atoms with Gasteiger partial charge in [-0.05, 0) is 104 Å². The number of allylic oxidation sites excluding steroid dienone is 30. The van der Waals surface area contributed by atoms with E-state index in [0.29, 0.717) is 23.9 Å². The Morgan fingerprint density at radius 2 is 0.686 bits per heavy atom. The second-order valence-electron chi connectivity index (χ2n) is 16.9. The third-order valence-electron chi connectivity index (χ3n) is 9.35. The first kappa shape index (κ1) is 64.8. The Balaban J connectivity index is 4.61. The number of rotatable bonds is 42. The zero-order valence-electron chi connectivity index (χ0n) is 43.4. The van der Waals surface area contributed by atoms with Crippen LogP contribution in [0.5, 0.6) is 0 Å². The molecule has 70 heavy (non-hydrogen) atoms. The summed E-state index contributed by atoms with van der Waals surface area (Å²) in [6.45, 7) is 3.70. The molecule has 0 saturated heterocycles. The lowest BCUT2D eigenvalue weighted by Crippen LogP contribution is -2.37. The first-order valence-electron chi connectivity index (χ1n) is 25.1. The summed E-state index contributed by atoms with van der Waals surface area (Å²) in [5.74, 6) is -1.12. The first-order chi connectivity index (χ1) is 34.0. The zero-order chi connectivity index (χ0) is 51.3. The van der Waals surface area contributed by atoms with Crippen LogP contribution in [0.1, 0.15) is 117 Å². The molecule has 0 aromatic carbocycles. The summed E-state index contributed by atoms with van der Waals surface area (Å²) >= 11 is 0. The van der Waals surface area contributed by atoms with Crippen molar-refractivity contribution in [1.29, 1.82) is 0 Å². The van der Waals surface area contributed by atoms with E-state index in [1.54, 1.807) is 12.2 Å². The Hall–Kier alpha value is -5.15. The van der Waals surface area contributed by atoms with Crippen LogP contribution in [0.2, 0.25) is 0 Å². The fourth-order valence-electron chi connectivity index (χ4n) is 5.47. The fourth-order valence-corrected chi connectivity index (χ4v) is 6.21. The maximum atomic E-state index is 12.7. The van der Waals surface area contributed by atoms with Crippen LogP contribution in [0.3, 0.4) is 0 Å². The highest BCUT2D eigenvalue weighted by Gasteiger charge is 2.26. The third kappa shape index (κ3) is 52.2. The SMILES string of the molecule is CC=CCC=CCC=CCC=CCC=CCC=CCC=CCC=CCC(=O)OC[C@H](COP(=O)(O)OCC[N+](C)(C)C)OC(=O)CC=CCC=CCC=CCC=CCC=CCC=CCC=CCC=CC. The highest BCUT2D eigenvalue weighted by atomic mass is 31.2. The van der Waals surface area contributed by atoms with Gasteiger partial charge >= 0.3 is 19.8 Å². The monoisotopic (exact) mass is 983 g/mol. The van der Waals surface area contributed by atoms with Crippen molar-refractivity contribution >= 4 is 19.8 Å². The average Bonchev–Trinajstić information content (AvgIpc) is 3.32. The van der Waals surface area contributed by atoms with E-state index >= 15 is 0 Å². The first-order valence-corrected chi connectivity index (χ1v) is 26.6. The van der Waals surface area contributed by atoms with E-state index in [0.717, 1.165) is 77.0 Å². The van der Waals surface area contributed by atoms with Gasteiger partial charge in [0.1, 0.15) is 19.8 Å². The predicted octanol–water partition coefficient (Wildman–Crippen LogP) is 15.5. The summed E-state index contributed by atoms with van der Waals surface area (Å²) in [5, 5.41) is 0. The van der Waals surface area contributed by atoms with E-state index in [4.69, 9.17) is 18.5 Å². The minimum Gasteiger partial charge on any atom is -0.461 e. The molecule has 9 nitrogen and oxygen atoms in total. The van der Waals surface area contributed by atoms with Gasteiger partial charge in [0.05, 0.1) is 40.6 Å². The molecule has 0 heterocycles. The van der Waals surface area contributed by atoms with Crippen LogP contribution in [-0.4, -0.2) is 74.9 Å². The summed E-state index contributed by atoms with van der Waals surface area (Å²) in [6, 6.07) is 0. The number of phosphoric acid groups is 1. The molecule has 1 N–H and O–H groups in total. The molecule has 0 aliphatic rings. The van der Waals surface area contributed by atoms with Gasteiger partial charge in [-0.1, -0.05) is 194 Å². The lowest BCUT2D eigenvalue weighted by atomic mass is 10.2. The number of nitrogens with zero attached hydrogens (tertiary/aromatic N) is 1. The molecule has 0 spiro atoms. The number of likely N-dealkylation sites (N-methyl/N-ethyl adjacent to an activating group) is 1. The van der Waals surface area contributed by atoms with Gasteiger partial charge in [-0.2, -0.15) is 0 Å². The molecule has 1 unspecified atom stereocenters. The van der Waals surface area contributed by atoms with Gasteiger partial charge in [0.25, 0.3) is 0 Å². The lowest BCUT2D eigenvalue weighted by molar-refractivity contribution is -0.870. The van der Waals surface area contributed by atoms with Crippen molar-refractivity contribution < 1.29 is 42.1 Å². The minimum absolute atomic E-state index is 0.0126. The highest BCUT2D eigenvalue weighted by Crippen LogP contribution is 2.43. The van der Waals surface area contributed by atoms with Crippen LogP contribution in [-0.2, 0) is 32.7 Å². The summed E-state index contributed by atoms with van der Waals surface area (Å²) < 4.78 is 34.1. The summed E-state index contributed by atoms with van der Waals surface area (Å²) in [5.41, 5.74) is 0. The number of quaternary nitrogens is 1. The summed E-state index contributed by atoms with van der Waals surface area (Å²) in [6.07, 6.45) is 78.5. The molecule has 0 aromatic heterocycles. The van der Waals surface area contributed by atoms with Gasteiger partial charge in [0.15, 0.2) is 6.10 Å². The Bertz CT molecular complexity index is 1870. The molecule has 0 aliphatic carbocycles. The molecule has 0 amide bonds. The van der Waals surface area contributed by atoms with Crippen molar-refractivity contribution in [2.45, 2.75) is 123 Å². The van der Waals surface area contributed by atoms with Crippen molar-refractivity contribution in [2.75, 3.05) is 47.5 Å². The average molecular weight is 983 g/mol. The Kier molecular flexibility index (Phi) is 45.3. The van der Waals surface area contributed by atoms with Crippen molar-refractivity contribution in [3.8, 4) is 0 Å². The molecule has 0 aliphatic heterocycles. The van der Waals surface area contributed by atoms with Crippen molar-refractivity contribution in [2.24, 2.45) is 0 Å². The maximum absolute atomic E-state index is 12.7. The number of hydrogen-bond donors (Lipinski definition) is 1. The molecule has 10 heteroatoms. The van der Waals surface area contributed by atoms with E-state index < -0.39 is 32.5 Å². The van der Waals surface area contributed by atoms with E-state index in [-0.39, 0.29) is 26.1 Å². The topological polar surface area (TPSA) is 108 Å². The highest BCUT2D eigenvalue weighted by molar-refractivity contribution is 7.47. The van der Waals surface area contributed by atoms with E-state index in [9.17, 15) is 19.0 Å². The number of carbonyl (C=O) groups excluding carboxylic acids is 2. The van der Waals surface area contributed by atoms with Gasteiger partial charge in [-0.3, -0.25) is 18.6 Å². The van der Waals surface area contributed by atoms with E-state index in [1.807, 2.05) is 59.3 Å². The van der Waals surface area contributed by atoms with Crippen molar-refractivity contribution in [3.63, 3.8) is 0 Å². The molecule has 0 saturated carbocycles. The van der Waals surface area contributed by atoms with Crippen molar-refractivity contribution in [3.05, 3.63) is 194 Å². The zero-order valence-corrected chi connectivity index (χ0v) is 44.3. The number of hydrogen-bond acceptors (Lipinski definition) is 7. The number of esters is 2. The molecule has 386 valence electrons. The quantitative estimate of drug-likeness (QED) is 0.0279. The normalized spacial score (nSPS) is 15.0. The van der Waals surface area contributed by atoms with Gasteiger partial charge in [-0.15, -0.1) is 0 Å². The smallest absolute Gasteiger partial charge is 0.461 e. The Morgan fingerprint density at radius 3 is 0.971 bits per heavy atom. The van der Waals surface area contributed by atoms with E-state index in [2.05, 4.69) is 158 Å². The second-order valence-corrected chi connectivity index (χ2v) is 18.3. The van der Waals surface area contributed by atoms with Crippen LogP contribution in [0.15, 0.2) is 194 Å². The molecular weight excluding hydrogens is 894 g/mol. The molecule has 0 bridgehead atoms. The molecular formula is C60H89NO8P+. The van der Waals surface area contributed by atoms with Crippen LogP contribution in [0.25, 0.3) is 0 Å².